The summed E-state index contributed by atoms with van der Waals surface area (Å²) in [6.45, 7) is 2.03. The molecule has 0 bridgehead atoms. The van der Waals surface area contributed by atoms with E-state index >= 15 is 0 Å². The Labute approximate surface area is 128 Å². The van der Waals surface area contributed by atoms with E-state index in [1.807, 2.05) is 61.5 Å². The van der Waals surface area contributed by atoms with E-state index in [-0.39, 0.29) is 11.7 Å². The van der Waals surface area contributed by atoms with Crippen LogP contribution in [0.3, 0.4) is 0 Å². The second kappa shape index (κ2) is 5.85. The molecule has 0 saturated heterocycles. The molecule has 2 aromatic carbocycles. The van der Waals surface area contributed by atoms with Gasteiger partial charge in [-0.1, -0.05) is 60.2 Å². The fourth-order valence-electron chi connectivity index (χ4n) is 2.57. The molecular weight excluding hydrogens is 276 g/mol. The molecule has 0 aliphatic rings. The third kappa shape index (κ3) is 2.63. The minimum Gasteiger partial charge on any atom is -0.477 e. The number of aromatic carboxylic acids is 1. The van der Waals surface area contributed by atoms with Crippen LogP contribution in [-0.4, -0.2) is 20.6 Å². The average Bonchev–Trinajstić information content (AvgIpc) is 3.00. The van der Waals surface area contributed by atoms with Crippen LogP contribution < -0.4 is 0 Å². The van der Waals surface area contributed by atoms with Gasteiger partial charge >= 0.3 is 5.97 Å². The number of carbonyl (C=O) groups is 1. The van der Waals surface area contributed by atoms with Gasteiger partial charge in [0.25, 0.3) is 0 Å². The van der Waals surface area contributed by atoms with E-state index in [0.717, 1.165) is 11.1 Å². The summed E-state index contributed by atoms with van der Waals surface area (Å²) in [6.07, 6.45) is 2.95. The summed E-state index contributed by atoms with van der Waals surface area (Å²) < 4.78 is 1.70. The Bertz CT molecular complexity index is 776. The van der Waals surface area contributed by atoms with Gasteiger partial charge in [-0.25, -0.2) is 9.78 Å². The maximum Gasteiger partial charge on any atom is 0.354 e. The first-order valence-corrected chi connectivity index (χ1v) is 7.03. The van der Waals surface area contributed by atoms with Crippen LogP contribution in [0.1, 0.15) is 33.2 Å². The molecule has 1 heterocycles. The summed E-state index contributed by atoms with van der Waals surface area (Å²) in [5.41, 5.74) is 3.39. The smallest absolute Gasteiger partial charge is 0.354 e. The molecule has 1 unspecified atom stereocenters. The van der Waals surface area contributed by atoms with Gasteiger partial charge in [0.05, 0.1) is 18.6 Å². The van der Waals surface area contributed by atoms with E-state index in [9.17, 15) is 9.90 Å². The molecule has 0 spiro atoms. The lowest BCUT2D eigenvalue weighted by atomic mass is 9.97. The number of aryl methyl sites for hydroxylation is 1. The van der Waals surface area contributed by atoms with Crippen molar-refractivity contribution in [2.75, 3.05) is 0 Å². The quantitative estimate of drug-likeness (QED) is 0.800. The molecule has 4 nitrogen and oxygen atoms in total. The molecule has 0 fully saturated rings. The maximum atomic E-state index is 11.4. The third-order valence-corrected chi connectivity index (χ3v) is 3.67. The molecule has 3 aromatic rings. The number of hydrogen-bond donors (Lipinski definition) is 1. The van der Waals surface area contributed by atoms with Crippen LogP contribution in [0.5, 0.6) is 0 Å². The van der Waals surface area contributed by atoms with Gasteiger partial charge < -0.3 is 9.67 Å². The van der Waals surface area contributed by atoms with Gasteiger partial charge in [0.1, 0.15) is 5.69 Å². The topological polar surface area (TPSA) is 55.1 Å². The Morgan fingerprint density at radius 1 is 1.05 bits per heavy atom. The Morgan fingerprint density at radius 2 is 1.68 bits per heavy atom. The summed E-state index contributed by atoms with van der Waals surface area (Å²) in [5.74, 6) is -0.981. The van der Waals surface area contributed by atoms with Crippen molar-refractivity contribution in [3.63, 3.8) is 0 Å². The molecule has 22 heavy (non-hydrogen) atoms. The third-order valence-electron chi connectivity index (χ3n) is 3.67. The van der Waals surface area contributed by atoms with E-state index in [4.69, 9.17) is 0 Å². The van der Waals surface area contributed by atoms with Gasteiger partial charge in [-0.15, -0.1) is 0 Å². The normalized spacial score (nSPS) is 12.0. The highest BCUT2D eigenvalue weighted by molar-refractivity contribution is 5.85. The van der Waals surface area contributed by atoms with Crippen molar-refractivity contribution < 1.29 is 9.90 Å². The van der Waals surface area contributed by atoms with Crippen molar-refractivity contribution in [1.82, 2.24) is 9.55 Å². The zero-order valence-corrected chi connectivity index (χ0v) is 12.2. The van der Waals surface area contributed by atoms with Gasteiger partial charge in [-0.3, -0.25) is 0 Å². The van der Waals surface area contributed by atoms with Crippen LogP contribution in [0.15, 0.2) is 67.1 Å². The fourth-order valence-corrected chi connectivity index (χ4v) is 2.57. The first-order chi connectivity index (χ1) is 10.7. The number of benzene rings is 2. The first-order valence-electron chi connectivity index (χ1n) is 7.03. The highest BCUT2D eigenvalue weighted by Gasteiger charge is 2.21. The van der Waals surface area contributed by atoms with E-state index in [2.05, 4.69) is 4.98 Å². The number of carboxylic acids is 1. The van der Waals surface area contributed by atoms with Crippen molar-refractivity contribution >= 4 is 5.97 Å². The summed E-state index contributed by atoms with van der Waals surface area (Å²) in [7, 11) is 0. The lowest BCUT2D eigenvalue weighted by Crippen LogP contribution is -2.16. The fraction of sp³-hybridized carbons (Fsp3) is 0.111. The zero-order valence-electron chi connectivity index (χ0n) is 12.2. The van der Waals surface area contributed by atoms with Crippen molar-refractivity contribution in [3.05, 3.63) is 89.5 Å². The Balaban J connectivity index is 2.17. The lowest BCUT2D eigenvalue weighted by molar-refractivity contribution is 0.0684. The molecule has 1 N–H and O–H groups in total. The lowest BCUT2D eigenvalue weighted by Gasteiger charge is -2.21. The maximum absolute atomic E-state index is 11.4. The molecule has 0 saturated carbocycles. The largest absolute Gasteiger partial charge is 0.477 e. The van der Waals surface area contributed by atoms with Crippen LogP contribution in [-0.2, 0) is 0 Å². The van der Waals surface area contributed by atoms with Crippen molar-refractivity contribution in [1.29, 1.82) is 0 Å². The molecule has 3 rings (SSSR count). The van der Waals surface area contributed by atoms with Gasteiger partial charge in [0, 0.05) is 0 Å². The molecule has 0 aliphatic carbocycles. The van der Waals surface area contributed by atoms with Crippen LogP contribution in [0.2, 0.25) is 0 Å². The number of rotatable bonds is 4. The average molecular weight is 292 g/mol. The number of carboxylic acid groups (broad SMARTS) is 1. The Hall–Kier alpha value is -2.88. The number of hydrogen-bond acceptors (Lipinski definition) is 2. The standard InChI is InChI=1S/C18H16N2O2/c1-13-7-9-15(10-8-13)17(14-5-3-2-4-6-14)20-12-19-11-16(20)18(21)22/h2-12,17H,1H3,(H,21,22). The zero-order chi connectivity index (χ0) is 15.5. The van der Waals surface area contributed by atoms with E-state index in [1.165, 1.54) is 11.8 Å². The summed E-state index contributed by atoms with van der Waals surface area (Å²) in [6, 6.07) is 17.7. The van der Waals surface area contributed by atoms with Gasteiger partial charge in [-0.05, 0) is 18.1 Å². The minimum atomic E-state index is -0.981. The van der Waals surface area contributed by atoms with Gasteiger partial charge in [-0.2, -0.15) is 0 Å². The predicted molar refractivity (Wildman–Crippen MR) is 84.0 cm³/mol. The van der Waals surface area contributed by atoms with Crippen LogP contribution in [0.4, 0.5) is 0 Å². The molecular formula is C18H16N2O2. The number of aromatic nitrogens is 2. The van der Waals surface area contributed by atoms with Crippen molar-refractivity contribution in [3.8, 4) is 0 Å². The second-order valence-electron chi connectivity index (χ2n) is 5.22. The first kappa shape index (κ1) is 14.1. The summed E-state index contributed by atoms with van der Waals surface area (Å²) >= 11 is 0. The highest BCUT2D eigenvalue weighted by Crippen LogP contribution is 2.28. The molecule has 0 amide bonds. The second-order valence-corrected chi connectivity index (χ2v) is 5.22. The molecule has 4 heteroatoms. The highest BCUT2D eigenvalue weighted by atomic mass is 16.4. The predicted octanol–water partition coefficient (Wildman–Crippen LogP) is 3.53. The molecule has 0 radical (unpaired) electrons. The van der Waals surface area contributed by atoms with E-state index in [1.54, 1.807) is 10.9 Å². The summed E-state index contributed by atoms with van der Waals surface area (Å²) in [5, 5.41) is 9.38. The Kier molecular flexibility index (Phi) is 3.74. The van der Waals surface area contributed by atoms with Crippen LogP contribution in [0, 0.1) is 6.92 Å². The molecule has 110 valence electrons. The van der Waals surface area contributed by atoms with E-state index in [0.29, 0.717) is 0 Å². The summed E-state index contributed by atoms with van der Waals surface area (Å²) in [4.78, 5) is 15.5. The molecule has 1 aromatic heterocycles. The number of imidazole rings is 1. The van der Waals surface area contributed by atoms with Gasteiger partial charge in [0.15, 0.2) is 0 Å². The Morgan fingerprint density at radius 3 is 2.32 bits per heavy atom. The van der Waals surface area contributed by atoms with Crippen LogP contribution >= 0.6 is 0 Å². The van der Waals surface area contributed by atoms with Gasteiger partial charge in [0.2, 0.25) is 0 Å². The minimum absolute atomic E-state index is 0.175. The molecule has 0 aliphatic heterocycles. The van der Waals surface area contributed by atoms with Crippen molar-refractivity contribution in [2.45, 2.75) is 13.0 Å². The number of nitrogens with zero attached hydrogens (tertiary/aromatic N) is 2. The van der Waals surface area contributed by atoms with E-state index < -0.39 is 5.97 Å². The SMILES string of the molecule is Cc1ccc(C(c2ccccc2)n2cncc2C(=O)O)cc1. The van der Waals surface area contributed by atoms with Crippen molar-refractivity contribution in [2.24, 2.45) is 0 Å². The monoisotopic (exact) mass is 292 g/mol. The van der Waals surface area contributed by atoms with Crippen LogP contribution in [0.25, 0.3) is 0 Å². The molecule has 1 atom stereocenters.